The summed E-state index contributed by atoms with van der Waals surface area (Å²) in [6, 6.07) is -1.80. The number of halogens is 1. The van der Waals surface area contributed by atoms with Crippen LogP contribution >= 0.6 is 11.6 Å². The third kappa shape index (κ3) is 3.66. The second-order valence-electron chi connectivity index (χ2n) is 3.53. The third-order valence-electron chi connectivity index (χ3n) is 2.07. The number of carboxylic acids is 2. The zero-order valence-corrected chi connectivity index (χ0v) is 11.1. The van der Waals surface area contributed by atoms with E-state index in [1.807, 2.05) is 0 Å². The highest BCUT2D eigenvalue weighted by Crippen LogP contribution is 2.20. The quantitative estimate of drug-likeness (QED) is 0.630. The van der Waals surface area contributed by atoms with Crippen LogP contribution in [0.1, 0.15) is 6.42 Å². The van der Waals surface area contributed by atoms with Crippen molar-refractivity contribution in [2.75, 3.05) is 0 Å². The van der Waals surface area contributed by atoms with Crippen LogP contribution < -0.4 is 4.72 Å². The zero-order valence-electron chi connectivity index (χ0n) is 9.57. The molecule has 0 amide bonds. The fourth-order valence-corrected chi connectivity index (χ4v) is 3.14. The lowest BCUT2D eigenvalue weighted by Gasteiger charge is -2.13. The van der Waals surface area contributed by atoms with Crippen LogP contribution in [0.5, 0.6) is 0 Å². The maximum atomic E-state index is 11.9. The third-order valence-corrected chi connectivity index (χ3v) is 4.05. The minimum atomic E-state index is -4.29. The van der Waals surface area contributed by atoms with E-state index >= 15 is 0 Å². The first kappa shape index (κ1) is 15.4. The van der Waals surface area contributed by atoms with Gasteiger partial charge in [-0.25, -0.2) is 8.42 Å². The molecule has 1 aromatic heterocycles. The lowest BCUT2D eigenvalue weighted by molar-refractivity contribution is -0.145. The van der Waals surface area contributed by atoms with Gasteiger partial charge in [0.1, 0.15) is 6.04 Å². The van der Waals surface area contributed by atoms with Crippen LogP contribution in [0.15, 0.2) is 11.2 Å². The van der Waals surface area contributed by atoms with E-state index in [2.05, 4.69) is 5.10 Å². The average molecular weight is 312 g/mol. The van der Waals surface area contributed by atoms with Crippen molar-refractivity contribution in [1.82, 2.24) is 14.5 Å². The van der Waals surface area contributed by atoms with E-state index in [1.165, 1.54) is 7.05 Å². The molecule has 0 spiro atoms. The summed E-state index contributed by atoms with van der Waals surface area (Å²) in [7, 11) is -2.99. The predicted molar refractivity (Wildman–Crippen MR) is 62.2 cm³/mol. The molecular formula is C8H10ClN3O6S. The first-order valence-corrected chi connectivity index (χ1v) is 6.65. The fraction of sp³-hybridized carbons (Fsp3) is 0.375. The van der Waals surface area contributed by atoms with Crippen LogP contribution in [0.3, 0.4) is 0 Å². The minimum absolute atomic E-state index is 0.200. The van der Waals surface area contributed by atoms with Crippen LogP contribution in [0.2, 0.25) is 5.02 Å². The SMILES string of the molecule is Cn1ncc(Cl)c1S(=O)(=O)N[C@@H](CC(=O)O)C(=O)O. The Bertz CT molecular complexity index is 591. The van der Waals surface area contributed by atoms with E-state index in [1.54, 1.807) is 4.72 Å². The molecule has 0 bridgehead atoms. The van der Waals surface area contributed by atoms with Gasteiger partial charge in [-0.1, -0.05) is 11.6 Å². The number of rotatable bonds is 6. The molecule has 0 aliphatic carbocycles. The first-order chi connectivity index (χ1) is 8.65. The lowest BCUT2D eigenvalue weighted by atomic mass is 10.2. The number of nitrogens with one attached hydrogen (secondary N) is 1. The van der Waals surface area contributed by atoms with E-state index in [4.69, 9.17) is 21.8 Å². The van der Waals surface area contributed by atoms with E-state index in [-0.39, 0.29) is 5.02 Å². The molecule has 9 nitrogen and oxygen atoms in total. The molecular weight excluding hydrogens is 302 g/mol. The van der Waals surface area contributed by atoms with Crippen LogP contribution in [-0.2, 0) is 26.7 Å². The Labute approximate surface area is 112 Å². The Hall–Kier alpha value is -1.65. The number of aromatic nitrogens is 2. The molecule has 0 radical (unpaired) electrons. The van der Waals surface area contributed by atoms with E-state index in [0.717, 1.165) is 10.9 Å². The Morgan fingerprint density at radius 1 is 1.53 bits per heavy atom. The molecule has 0 aliphatic rings. The Kier molecular flexibility index (Phi) is 4.50. The predicted octanol–water partition coefficient (Wildman–Crippen LogP) is -0.720. The maximum absolute atomic E-state index is 11.9. The summed E-state index contributed by atoms with van der Waals surface area (Å²) in [5, 5.41) is 20.3. The number of carboxylic acid groups (broad SMARTS) is 2. The Morgan fingerprint density at radius 3 is 2.47 bits per heavy atom. The molecule has 19 heavy (non-hydrogen) atoms. The van der Waals surface area contributed by atoms with Crippen molar-refractivity contribution in [3.05, 3.63) is 11.2 Å². The van der Waals surface area contributed by atoms with Crippen molar-refractivity contribution in [1.29, 1.82) is 0 Å². The van der Waals surface area contributed by atoms with Crippen molar-refractivity contribution >= 4 is 33.6 Å². The van der Waals surface area contributed by atoms with Gasteiger partial charge in [0.2, 0.25) is 0 Å². The van der Waals surface area contributed by atoms with Gasteiger partial charge in [-0.2, -0.15) is 9.82 Å². The second kappa shape index (κ2) is 5.55. The molecule has 106 valence electrons. The average Bonchev–Trinajstić information content (AvgIpc) is 2.56. The second-order valence-corrected chi connectivity index (χ2v) is 5.57. The largest absolute Gasteiger partial charge is 0.481 e. The summed E-state index contributed by atoms with van der Waals surface area (Å²) in [4.78, 5) is 21.3. The normalized spacial score (nSPS) is 13.2. The van der Waals surface area contributed by atoms with Gasteiger partial charge in [-0.3, -0.25) is 14.3 Å². The summed E-state index contributed by atoms with van der Waals surface area (Å²) < 4.78 is 26.5. The highest BCUT2D eigenvalue weighted by molar-refractivity contribution is 7.89. The molecule has 0 saturated heterocycles. The number of carbonyl (C=O) groups is 2. The molecule has 1 atom stereocenters. The molecule has 11 heteroatoms. The molecule has 3 N–H and O–H groups in total. The van der Waals surface area contributed by atoms with Gasteiger partial charge in [0, 0.05) is 7.05 Å². The van der Waals surface area contributed by atoms with Crippen LogP contribution in [-0.4, -0.2) is 46.4 Å². The van der Waals surface area contributed by atoms with Crippen molar-refractivity contribution in [3.8, 4) is 0 Å². The summed E-state index contributed by atoms with van der Waals surface area (Å²) in [6.07, 6.45) is 0.174. The summed E-state index contributed by atoms with van der Waals surface area (Å²) >= 11 is 5.63. The van der Waals surface area contributed by atoms with Crippen molar-refractivity contribution in [2.45, 2.75) is 17.5 Å². The molecule has 0 aliphatic heterocycles. The van der Waals surface area contributed by atoms with Crippen LogP contribution in [0.4, 0.5) is 0 Å². The van der Waals surface area contributed by atoms with Gasteiger partial charge in [-0.15, -0.1) is 0 Å². The number of aliphatic carboxylic acids is 2. The van der Waals surface area contributed by atoms with Gasteiger partial charge in [0.05, 0.1) is 17.6 Å². The maximum Gasteiger partial charge on any atom is 0.322 e. The fourth-order valence-electron chi connectivity index (χ4n) is 1.30. The van der Waals surface area contributed by atoms with Crippen molar-refractivity contribution < 1.29 is 28.2 Å². The van der Waals surface area contributed by atoms with Crippen molar-refractivity contribution in [3.63, 3.8) is 0 Å². The Morgan fingerprint density at radius 2 is 2.11 bits per heavy atom. The summed E-state index contributed by atoms with van der Waals surface area (Å²) in [5.41, 5.74) is 0. The van der Waals surface area contributed by atoms with Crippen LogP contribution in [0, 0.1) is 0 Å². The monoisotopic (exact) mass is 311 g/mol. The molecule has 1 rings (SSSR count). The van der Waals surface area contributed by atoms with E-state index in [9.17, 15) is 18.0 Å². The first-order valence-electron chi connectivity index (χ1n) is 4.79. The van der Waals surface area contributed by atoms with Gasteiger partial charge >= 0.3 is 11.9 Å². The summed E-state index contributed by atoms with van der Waals surface area (Å²) in [5.74, 6) is -3.06. The van der Waals surface area contributed by atoms with E-state index < -0.39 is 39.5 Å². The number of sulfonamides is 1. The summed E-state index contributed by atoms with van der Waals surface area (Å²) in [6.45, 7) is 0. The lowest BCUT2D eigenvalue weighted by Crippen LogP contribution is -2.42. The smallest absolute Gasteiger partial charge is 0.322 e. The van der Waals surface area contributed by atoms with Crippen molar-refractivity contribution in [2.24, 2.45) is 7.05 Å². The topological polar surface area (TPSA) is 139 Å². The van der Waals surface area contributed by atoms with Gasteiger partial charge in [-0.05, 0) is 0 Å². The molecule has 0 unspecified atom stereocenters. The molecule has 0 saturated carbocycles. The highest BCUT2D eigenvalue weighted by atomic mass is 35.5. The molecule has 0 fully saturated rings. The van der Waals surface area contributed by atoms with Gasteiger partial charge in [0.25, 0.3) is 10.0 Å². The molecule has 1 heterocycles. The van der Waals surface area contributed by atoms with Gasteiger partial charge < -0.3 is 10.2 Å². The molecule has 0 aromatic carbocycles. The minimum Gasteiger partial charge on any atom is -0.481 e. The number of hydrogen-bond acceptors (Lipinski definition) is 5. The Balaban J connectivity index is 3.08. The highest BCUT2D eigenvalue weighted by Gasteiger charge is 2.30. The van der Waals surface area contributed by atoms with Gasteiger partial charge in [0.15, 0.2) is 5.03 Å². The number of nitrogens with zero attached hydrogens (tertiary/aromatic N) is 2. The van der Waals surface area contributed by atoms with Crippen LogP contribution in [0.25, 0.3) is 0 Å². The number of hydrogen-bond donors (Lipinski definition) is 3. The standard InChI is InChI=1S/C8H10ClN3O6S/c1-12-7(4(9)3-10-12)19(17,18)11-5(8(15)16)2-6(13)14/h3,5,11H,2H2,1H3,(H,13,14)(H,15,16)/t5-/m0/s1. The zero-order chi connectivity index (χ0) is 14.8. The van der Waals surface area contributed by atoms with E-state index in [0.29, 0.717) is 0 Å². The molecule has 1 aromatic rings. The number of aryl methyl sites for hydroxylation is 1.